The van der Waals surface area contributed by atoms with Gasteiger partial charge in [0.1, 0.15) is 6.04 Å². The maximum atomic E-state index is 10.5. The van der Waals surface area contributed by atoms with Crippen molar-refractivity contribution in [2.45, 2.75) is 18.9 Å². The largest absolute Gasteiger partial charge is 0.480 e. The van der Waals surface area contributed by atoms with Crippen molar-refractivity contribution in [3.63, 3.8) is 0 Å². The lowest BCUT2D eigenvalue weighted by atomic mass is 10.1. The molecule has 0 heterocycles. The summed E-state index contributed by atoms with van der Waals surface area (Å²) < 4.78 is 0. The van der Waals surface area contributed by atoms with Crippen molar-refractivity contribution in [1.29, 1.82) is 0 Å². The van der Waals surface area contributed by atoms with Crippen molar-refractivity contribution < 1.29 is 9.90 Å². The summed E-state index contributed by atoms with van der Waals surface area (Å²) >= 11 is 0. The molecule has 0 aromatic heterocycles. The van der Waals surface area contributed by atoms with E-state index in [0.29, 0.717) is 19.4 Å². The summed E-state index contributed by atoms with van der Waals surface area (Å²) in [5.74, 6) is -0.816. The lowest BCUT2D eigenvalue weighted by molar-refractivity contribution is -0.139. The van der Waals surface area contributed by atoms with Crippen molar-refractivity contribution in [2.24, 2.45) is 16.5 Å². The number of carbonyl (C=O) groups is 1. The van der Waals surface area contributed by atoms with Crippen LogP contribution in [0.25, 0.3) is 0 Å². The number of nitrogens with zero attached hydrogens (tertiary/aromatic N) is 1. The number of guanidine groups is 1. The second-order valence-corrected chi connectivity index (χ2v) is 2.63. The van der Waals surface area contributed by atoms with Gasteiger partial charge in [-0.15, -0.1) is 12.4 Å². The topological polar surface area (TPSA) is 114 Å². The van der Waals surface area contributed by atoms with E-state index in [1.807, 2.05) is 0 Å². The molecule has 84 valence electrons. The smallest absolute Gasteiger partial charge is 0.320 e. The number of carboxylic acids is 1. The zero-order valence-electron chi connectivity index (χ0n) is 8.06. The summed E-state index contributed by atoms with van der Waals surface area (Å²) in [6.07, 6.45) is 1.16. The monoisotopic (exact) mass is 224 g/mol. The predicted octanol–water partition coefficient (Wildman–Crippen LogP) is -0.866. The molecule has 0 aromatic rings. The van der Waals surface area contributed by atoms with Crippen molar-refractivity contribution in [2.75, 3.05) is 13.6 Å². The number of aliphatic imine (C=N–C) groups is 1. The third-order valence-electron chi connectivity index (χ3n) is 1.59. The minimum atomic E-state index is -0.854. The summed E-state index contributed by atoms with van der Waals surface area (Å²) in [5.41, 5.74) is 10.2. The lowest BCUT2D eigenvalue weighted by Gasteiger charge is -2.09. The Morgan fingerprint density at radius 2 is 2.14 bits per heavy atom. The van der Waals surface area contributed by atoms with Crippen molar-refractivity contribution >= 4 is 24.3 Å². The fourth-order valence-electron chi connectivity index (χ4n) is 0.895. The summed E-state index contributed by atoms with van der Waals surface area (Å²) in [7, 11) is 1.61. The Kier molecular flexibility index (Phi) is 9.48. The number of hydrogen-bond donors (Lipinski definition) is 4. The SMILES string of the molecule is CN[C@H](CCCN=C(N)N)C(=O)O.Cl. The van der Waals surface area contributed by atoms with Crippen LogP contribution in [0.2, 0.25) is 0 Å². The summed E-state index contributed by atoms with van der Waals surface area (Å²) in [6, 6.07) is -0.519. The molecule has 14 heavy (non-hydrogen) atoms. The molecule has 7 heteroatoms. The minimum absolute atomic E-state index is 0. The quantitative estimate of drug-likeness (QED) is 0.266. The van der Waals surface area contributed by atoms with Gasteiger partial charge in [0, 0.05) is 6.54 Å². The molecule has 0 aliphatic rings. The molecule has 0 radical (unpaired) electrons. The fraction of sp³-hybridized carbons (Fsp3) is 0.714. The van der Waals surface area contributed by atoms with Gasteiger partial charge in [-0.1, -0.05) is 0 Å². The highest BCUT2D eigenvalue weighted by molar-refractivity contribution is 5.85. The van der Waals surface area contributed by atoms with Crippen LogP contribution in [0.5, 0.6) is 0 Å². The molecule has 0 saturated carbocycles. The third kappa shape index (κ3) is 7.63. The first-order valence-corrected chi connectivity index (χ1v) is 4.03. The average molecular weight is 225 g/mol. The van der Waals surface area contributed by atoms with E-state index < -0.39 is 12.0 Å². The number of likely N-dealkylation sites (N-methyl/N-ethyl adjacent to an activating group) is 1. The van der Waals surface area contributed by atoms with Gasteiger partial charge in [0.05, 0.1) is 0 Å². The molecule has 0 spiro atoms. The molecule has 6 nitrogen and oxygen atoms in total. The van der Waals surface area contributed by atoms with Crippen LogP contribution in [-0.4, -0.2) is 36.7 Å². The van der Waals surface area contributed by atoms with Crippen LogP contribution in [-0.2, 0) is 4.79 Å². The van der Waals surface area contributed by atoms with E-state index in [-0.39, 0.29) is 18.4 Å². The highest BCUT2D eigenvalue weighted by Crippen LogP contribution is 1.96. The molecule has 1 atom stereocenters. The first kappa shape index (κ1) is 15.5. The fourth-order valence-corrected chi connectivity index (χ4v) is 0.895. The molecule has 0 bridgehead atoms. The molecule has 0 aliphatic carbocycles. The van der Waals surface area contributed by atoms with Gasteiger partial charge < -0.3 is 21.9 Å². The number of nitrogens with one attached hydrogen (secondary N) is 1. The van der Waals surface area contributed by atoms with Gasteiger partial charge >= 0.3 is 5.97 Å². The normalized spacial score (nSPS) is 11.2. The summed E-state index contributed by atoms with van der Waals surface area (Å²) in [4.78, 5) is 14.3. The molecule has 6 N–H and O–H groups in total. The van der Waals surface area contributed by atoms with Gasteiger partial charge in [-0.05, 0) is 19.9 Å². The Hall–Kier alpha value is -1.01. The van der Waals surface area contributed by atoms with E-state index in [9.17, 15) is 4.79 Å². The van der Waals surface area contributed by atoms with Crippen LogP contribution in [0.4, 0.5) is 0 Å². The second-order valence-electron chi connectivity index (χ2n) is 2.63. The Bertz CT molecular complexity index is 194. The third-order valence-corrected chi connectivity index (χ3v) is 1.59. The minimum Gasteiger partial charge on any atom is -0.480 e. The molecule has 0 aromatic carbocycles. The van der Waals surface area contributed by atoms with Gasteiger partial charge in [0.15, 0.2) is 5.96 Å². The Morgan fingerprint density at radius 1 is 1.57 bits per heavy atom. The van der Waals surface area contributed by atoms with E-state index in [0.717, 1.165) is 0 Å². The van der Waals surface area contributed by atoms with E-state index in [1.54, 1.807) is 7.05 Å². The first-order valence-electron chi connectivity index (χ1n) is 4.03. The van der Waals surface area contributed by atoms with Crippen molar-refractivity contribution in [3.05, 3.63) is 0 Å². The van der Waals surface area contributed by atoms with Crippen molar-refractivity contribution in [3.8, 4) is 0 Å². The molecule has 0 aliphatic heterocycles. The lowest BCUT2D eigenvalue weighted by Crippen LogP contribution is -2.33. The number of rotatable bonds is 6. The maximum absolute atomic E-state index is 10.5. The summed E-state index contributed by atoms with van der Waals surface area (Å²) in [5, 5.41) is 11.3. The van der Waals surface area contributed by atoms with E-state index in [1.165, 1.54) is 0 Å². The number of carboxylic acid groups (broad SMARTS) is 1. The van der Waals surface area contributed by atoms with Crippen LogP contribution in [0.1, 0.15) is 12.8 Å². The van der Waals surface area contributed by atoms with E-state index >= 15 is 0 Å². The Morgan fingerprint density at radius 3 is 2.50 bits per heavy atom. The molecule has 0 amide bonds. The summed E-state index contributed by atoms with van der Waals surface area (Å²) in [6.45, 7) is 0.466. The van der Waals surface area contributed by atoms with E-state index in [2.05, 4.69) is 10.3 Å². The van der Waals surface area contributed by atoms with Gasteiger partial charge in [0.25, 0.3) is 0 Å². The first-order chi connectivity index (χ1) is 6.07. The maximum Gasteiger partial charge on any atom is 0.320 e. The number of halogens is 1. The van der Waals surface area contributed by atoms with Crippen LogP contribution in [0.3, 0.4) is 0 Å². The second kappa shape index (κ2) is 8.58. The highest BCUT2D eigenvalue weighted by Gasteiger charge is 2.13. The van der Waals surface area contributed by atoms with Crippen molar-refractivity contribution in [1.82, 2.24) is 5.32 Å². The molecule has 0 unspecified atom stereocenters. The van der Waals surface area contributed by atoms with Gasteiger partial charge in [-0.2, -0.15) is 0 Å². The van der Waals surface area contributed by atoms with Crippen LogP contribution >= 0.6 is 12.4 Å². The standard InChI is InChI=1S/C7H16N4O2.ClH/c1-10-5(6(12)13)3-2-4-11-7(8)9;/h5,10H,2-4H2,1H3,(H,12,13)(H4,8,9,11);1H/t5-;/m1./s1. The number of aliphatic carboxylic acids is 1. The molecule has 0 saturated heterocycles. The molecular formula is C7H17ClN4O2. The van der Waals surface area contributed by atoms with Crippen LogP contribution in [0, 0.1) is 0 Å². The molecule has 0 rings (SSSR count). The number of hydrogen-bond acceptors (Lipinski definition) is 3. The van der Waals surface area contributed by atoms with Gasteiger partial charge in [0.2, 0.25) is 0 Å². The zero-order chi connectivity index (χ0) is 10.3. The predicted molar refractivity (Wildman–Crippen MR) is 57.6 cm³/mol. The van der Waals surface area contributed by atoms with Crippen LogP contribution in [0.15, 0.2) is 4.99 Å². The molecular weight excluding hydrogens is 208 g/mol. The van der Waals surface area contributed by atoms with Gasteiger partial charge in [-0.25, -0.2) is 0 Å². The zero-order valence-corrected chi connectivity index (χ0v) is 8.88. The van der Waals surface area contributed by atoms with Gasteiger partial charge in [-0.3, -0.25) is 9.79 Å². The Balaban J connectivity index is 0. The van der Waals surface area contributed by atoms with E-state index in [4.69, 9.17) is 16.6 Å². The molecule has 0 fully saturated rings. The number of nitrogens with two attached hydrogens (primary N) is 2. The Labute approximate surface area is 89.2 Å². The van der Waals surface area contributed by atoms with Crippen LogP contribution < -0.4 is 16.8 Å². The average Bonchev–Trinajstić information content (AvgIpc) is 2.03. The highest BCUT2D eigenvalue weighted by atomic mass is 35.5.